The second-order valence-electron chi connectivity index (χ2n) is 1.49. The molecule has 0 aromatic carbocycles. The fourth-order valence-electron chi connectivity index (χ4n) is 0.146. The van der Waals surface area contributed by atoms with E-state index >= 15 is 0 Å². The standard InChI is InChI=1S/C2HCl3F2O3S/c3-1(4,2(5,6)7)11(8,9)10/h(H,8,9,10). The van der Waals surface area contributed by atoms with Gasteiger partial charge in [0.05, 0.1) is 0 Å². The predicted molar refractivity (Wildman–Crippen MR) is 36.8 cm³/mol. The molecule has 0 aliphatic carbocycles. The molecule has 0 atom stereocenters. The molecule has 0 aliphatic rings. The zero-order valence-corrected chi connectivity index (χ0v) is 7.65. The van der Waals surface area contributed by atoms with Crippen LogP contribution in [0.2, 0.25) is 0 Å². The van der Waals surface area contributed by atoms with Crippen LogP contribution in [-0.4, -0.2) is 22.0 Å². The lowest BCUT2D eigenvalue weighted by Crippen LogP contribution is -2.40. The van der Waals surface area contributed by atoms with Crippen molar-refractivity contribution in [3.8, 4) is 0 Å². The SMILES string of the molecule is O=S(=O)(O)C(Cl)(Cl)C(F)(F)Cl. The lowest BCUT2D eigenvalue weighted by molar-refractivity contribution is 0.0976. The smallest absolute Gasteiger partial charge is 0.283 e. The van der Waals surface area contributed by atoms with Gasteiger partial charge >= 0.3 is 19.2 Å². The van der Waals surface area contributed by atoms with E-state index in [1.165, 1.54) is 0 Å². The summed E-state index contributed by atoms with van der Waals surface area (Å²) in [6.07, 6.45) is 0. The minimum absolute atomic E-state index is 3.72. The Morgan fingerprint density at radius 3 is 1.45 bits per heavy atom. The molecule has 3 nitrogen and oxygen atoms in total. The Morgan fingerprint density at radius 2 is 1.45 bits per heavy atom. The Morgan fingerprint density at radius 1 is 1.18 bits per heavy atom. The Kier molecular flexibility index (Phi) is 3.01. The third-order valence-electron chi connectivity index (χ3n) is 0.654. The summed E-state index contributed by atoms with van der Waals surface area (Å²) in [4.78, 5) is 0. The van der Waals surface area contributed by atoms with Gasteiger partial charge < -0.3 is 0 Å². The van der Waals surface area contributed by atoms with Crippen LogP contribution in [0.25, 0.3) is 0 Å². The molecular formula is C2HCl3F2O3S. The van der Waals surface area contributed by atoms with Crippen molar-refractivity contribution < 1.29 is 21.8 Å². The van der Waals surface area contributed by atoms with Crippen molar-refractivity contribution in [3.05, 3.63) is 0 Å². The lowest BCUT2D eigenvalue weighted by Gasteiger charge is -2.20. The van der Waals surface area contributed by atoms with Gasteiger partial charge in [0.15, 0.2) is 0 Å². The first-order chi connectivity index (χ1) is 4.50. The highest BCUT2D eigenvalue weighted by molar-refractivity contribution is 7.90. The van der Waals surface area contributed by atoms with E-state index < -0.39 is 19.2 Å². The molecule has 0 amide bonds. The Bertz CT molecular complexity index is 242. The van der Waals surface area contributed by atoms with Crippen molar-refractivity contribution in [1.29, 1.82) is 0 Å². The molecule has 11 heavy (non-hydrogen) atoms. The zero-order valence-electron chi connectivity index (χ0n) is 4.56. The van der Waals surface area contributed by atoms with Crippen LogP contribution in [0.1, 0.15) is 0 Å². The fourth-order valence-corrected chi connectivity index (χ4v) is 0.731. The van der Waals surface area contributed by atoms with E-state index in [-0.39, 0.29) is 0 Å². The second-order valence-corrected chi connectivity index (χ2v) is 5.30. The lowest BCUT2D eigenvalue weighted by atomic mass is 10.8. The molecule has 0 aromatic rings. The highest BCUT2D eigenvalue weighted by Crippen LogP contribution is 2.45. The number of rotatable bonds is 2. The molecule has 0 saturated heterocycles. The summed E-state index contributed by atoms with van der Waals surface area (Å²) < 4.78 is 48.3. The summed E-state index contributed by atoms with van der Waals surface area (Å²) in [6.45, 7) is 0. The van der Waals surface area contributed by atoms with Crippen LogP contribution >= 0.6 is 34.8 Å². The summed E-state index contributed by atoms with van der Waals surface area (Å²) in [5.41, 5.74) is 0. The van der Waals surface area contributed by atoms with Crippen LogP contribution in [0.15, 0.2) is 0 Å². The molecule has 0 unspecified atom stereocenters. The van der Waals surface area contributed by atoms with E-state index in [2.05, 4.69) is 34.8 Å². The number of alkyl halides is 5. The van der Waals surface area contributed by atoms with Crippen LogP contribution in [0.4, 0.5) is 8.78 Å². The van der Waals surface area contributed by atoms with Gasteiger partial charge in [-0.15, -0.1) is 0 Å². The summed E-state index contributed by atoms with van der Waals surface area (Å²) in [5, 5.41) is -4.45. The second kappa shape index (κ2) is 2.85. The average molecular weight is 249 g/mol. The number of hydrogen-bond donors (Lipinski definition) is 1. The number of halogens is 5. The van der Waals surface area contributed by atoms with Crippen molar-refractivity contribution in [2.45, 2.75) is 9.05 Å². The quantitative estimate of drug-likeness (QED) is 0.600. The fraction of sp³-hybridized carbons (Fsp3) is 1.00. The van der Waals surface area contributed by atoms with Crippen molar-refractivity contribution in [3.63, 3.8) is 0 Å². The molecule has 0 aromatic heterocycles. The molecule has 0 rings (SSSR count). The summed E-state index contributed by atoms with van der Waals surface area (Å²) in [6, 6.07) is 0. The largest absolute Gasteiger partial charge is 0.371 e. The van der Waals surface area contributed by atoms with E-state index in [4.69, 9.17) is 4.55 Å². The maximum Gasteiger partial charge on any atom is 0.371 e. The van der Waals surface area contributed by atoms with Crippen LogP contribution in [0.3, 0.4) is 0 Å². The summed E-state index contributed by atoms with van der Waals surface area (Å²) in [7, 11) is -5.31. The van der Waals surface area contributed by atoms with Gasteiger partial charge in [-0.05, 0) is 11.6 Å². The molecule has 9 heteroatoms. The molecule has 68 valence electrons. The monoisotopic (exact) mass is 248 g/mol. The van der Waals surface area contributed by atoms with Gasteiger partial charge in [-0.3, -0.25) is 4.55 Å². The topological polar surface area (TPSA) is 54.4 Å². The highest BCUT2D eigenvalue weighted by atomic mass is 35.5. The van der Waals surface area contributed by atoms with Gasteiger partial charge in [0, 0.05) is 0 Å². The van der Waals surface area contributed by atoms with Crippen LogP contribution in [0.5, 0.6) is 0 Å². The minimum atomic E-state index is -5.31. The van der Waals surface area contributed by atoms with Crippen molar-refractivity contribution >= 4 is 44.9 Å². The van der Waals surface area contributed by atoms with Gasteiger partial charge in [0.1, 0.15) is 0 Å². The molecule has 0 radical (unpaired) electrons. The van der Waals surface area contributed by atoms with Gasteiger partial charge in [-0.1, -0.05) is 23.2 Å². The van der Waals surface area contributed by atoms with Crippen LogP contribution in [-0.2, 0) is 10.1 Å². The molecule has 0 fully saturated rings. The van der Waals surface area contributed by atoms with Gasteiger partial charge in [0.25, 0.3) is 0 Å². The first kappa shape index (κ1) is 11.6. The van der Waals surface area contributed by atoms with Crippen molar-refractivity contribution in [2.24, 2.45) is 0 Å². The molecule has 0 spiro atoms. The van der Waals surface area contributed by atoms with Gasteiger partial charge in [-0.25, -0.2) is 0 Å². The molecule has 0 bridgehead atoms. The normalized spacial score (nSPS) is 15.1. The minimum Gasteiger partial charge on any atom is -0.283 e. The van der Waals surface area contributed by atoms with Gasteiger partial charge in [0.2, 0.25) is 0 Å². The van der Waals surface area contributed by atoms with E-state index in [0.717, 1.165) is 0 Å². The third kappa shape index (κ3) is 2.29. The zero-order chi connectivity index (χ0) is 9.50. The maximum absolute atomic E-state index is 12.0. The Labute approximate surface area is 76.0 Å². The van der Waals surface area contributed by atoms with Crippen molar-refractivity contribution in [2.75, 3.05) is 0 Å². The first-order valence-electron chi connectivity index (χ1n) is 1.91. The highest BCUT2D eigenvalue weighted by Gasteiger charge is 2.60. The molecule has 0 aliphatic heterocycles. The van der Waals surface area contributed by atoms with E-state index in [1.54, 1.807) is 0 Å². The first-order valence-corrected chi connectivity index (χ1v) is 4.49. The van der Waals surface area contributed by atoms with E-state index in [9.17, 15) is 17.2 Å². The summed E-state index contributed by atoms with van der Waals surface area (Å²) in [5.74, 6) is 0. The Hall–Kier alpha value is 0.640. The molecular weight excluding hydrogens is 248 g/mol. The van der Waals surface area contributed by atoms with Crippen molar-refractivity contribution in [1.82, 2.24) is 0 Å². The Balaban J connectivity index is 5.08. The van der Waals surface area contributed by atoms with Crippen LogP contribution < -0.4 is 0 Å². The maximum atomic E-state index is 12.0. The van der Waals surface area contributed by atoms with Gasteiger partial charge in [-0.2, -0.15) is 17.2 Å². The third-order valence-corrected chi connectivity index (χ3v) is 3.79. The van der Waals surface area contributed by atoms with Crippen LogP contribution in [0, 0.1) is 0 Å². The number of hydrogen-bond acceptors (Lipinski definition) is 2. The molecule has 0 heterocycles. The average Bonchev–Trinajstić information content (AvgIpc) is 1.58. The predicted octanol–water partition coefficient (Wildman–Crippen LogP) is 1.84. The summed E-state index contributed by atoms with van der Waals surface area (Å²) >= 11 is 13.2. The molecule has 0 saturated carbocycles. The van der Waals surface area contributed by atoms with E-state index in [0.29, 0.717) is 0 Å². The van der Waals surface area contributed by atoms with E-state index in [1.807, 2.05) is 0 Å². The molecule has 1 N–H and O–H groups in total.